The first-order valence-electron chi connectivity index (χ1n) is 15.6. The van der Waals surface area contributed by atoms with Gasteiger partial charge in [0.05, 0.1) is 21.2 Å². The topological polar surface area (TPSA) is 262 Å². The van der Waals surface area contributed by atoms with Gasteiger partial charge in [-0.05, 0) is 72.8 Å². The minimum atomic E-state index is -1.75. The number of nitrogens with zero attached hydrogens (tertiary/aromatic N) is 10. The predicted octanol–water partition coefficient (Wildman–Crippen LogP) is 7.49. The maximum absolute atomic E-state index is 8.25. The Kier molecular flexibility index (Phi) is 11.0. The molecule has 10 rings (SSSR count). The van der Waals surface area contributed by atoms with E-state index in [-0.39, 0.29) is 17.1 Å². The molecule has 1 radical (unpaired) electrons. The molecule has 8 heterocycles. The summed E-state index contributed by atoms with van der Waals surface area (Å²) in [6, 6.07) is 23.1. The normalized spacial score (nSPS) is 10.5. The second kappa shape index (κ2) is 16.3. The fourth-order valence-electron chi connectivity index (χ4n) is 5.73. The van der Waals surface area contributed by atoms with E-state index < -0.39 is 10.2 Å². The van der Waals surface area contributed by atoms with Crippen molar-refractivity contribution in [2.24, 2.45) is 0 Å². The third kappa shape index (κ3) is 7.72. The van der Waals surface area contributed by atoms with Crippen molar-refractivity contribution in [3.63, 3.8) is 0 Å². The Hall–Kier alpha value is -7.76. The quantitative estimate of drug-likeness (QED) is 0.0711. The molecule has 2 aromatic carbocycles. The van der Waals surface area contributed by atoms with E-state index in [9.17, 15) is 0 Å². The molecule has 0 N–H and O–H groups in total. The number of rotatable bonds is 2. The molecule has 0 fully saturated rings. The van der Waals surface area contributed by atoms with Crippen LogP contribution in [0, 0.1) is 30.6 Å². The number of pyridine rings is 6. The molecule has 0 atom stereocenters. The molecule has 8 aromatic heterocycles. The Labute approximate surface area is 316 Å². The zero-order valence-electron chi connectivity index (χ0n) is 27.6. The summed E-state index contributed by atoms with van der Waals surface area (Å²) >= 11 is 0. The molecule has 0 aliphatic rings. The van der Waals surface area contributed by atoms with E-state index in [1.165, 1.54) is 0 Å². The van der Waals surface area contributed by atoms with Gasteiger partial charge in [0.2, 0.25) is 11.8 Å². The van der Waals surface area contributed by atoms with Crippen LogP contribution in [0.1, 0.15) is 0 Å². The van der Waals surface area contributed by atoms with Gasteiger partial charge in [0, 0.05) is 82.2 Å². The van der Waals surface area contributed by atoms with Crippen LogP contribution in [0.25, 0.3) is 88.7 Å². The van der Waals surface area contributed by atoms with Crippen molar-refractivity contribution >= 4 is 65.8 Å². The molecule has 0 aliphatic heterocycles. The van der Waals surface area contributed by atoms with Gasteiger partial charge in [-0.15, -0.1) is 0 Å². The van der Waals surface area contributed by atoms with Gasteiger partial charge in [-0.2, -0.15) is 0 Å². The van der Waals surface area contributed by atoms with Gasteiger partial charge >= 0.3 is 17.1 Å². The molecule has 10 aromatic rings. The number of fused-ring (bicyclic) bond motifs is 12. The summed E-state index contributed by atoms with van der Waals surface area (Å²) in [5.74, 6) is 1.15. The van der Waals surface area contributed by atoms with Gasteiger partial charge < -0.3 is 39.5 Å². The number of oxazole rings is 2. The molecule has 0 saturated heterocycles. The van der Waals surface area contributed by atoms with Crippen LogP contribution in [-0.4, -0.2) is 50.0 Å². The van der Waals surface area contributed by atoms with E-state index in [4.69, 9.17) is 49.4 Å². The van der Waals surface area contributed by atoms with E-state index in [2.05, 4.69) is 29.9 Å². The molecule has 0 amide bonds. The molecular formula is C36H20CuN10O8. The van der Waals surface area contributed by atoms with E-state index >= 15 is 0 Å². The van der Waals surface area contributed by atoms with Gasteiger partial charge in [-0.3, -0.25) is 29.9 Å². The van der Waals surface area contributed by atoms with Gasteiger partial charge in [-0.1, -0.05) is 0 Å². The summed E-state index contributed by atoms with van der Waals surface area (Å²) in [5.41, 5.74) is 8.20. The zero-order valence-corrected chi connectivity index (χ0v) is 28.5. The summed E-state index contributed by atoms with van der Waals surface area (Å²) < 4.78 is 12.1. The summed E-state index contributed by atoms with van der Waals surface area (Å²) in [6.45, 7) is 0. The standard InChI is InChI=1S/2C18H10N4O.Cu.2NO3/c2*1-3-12-14(20-7-1)15-13(4-2-8-21-15)17-16(12)22-18(23-17)11-5-9-19-10-6-11;;2*2-1(3)4/h2*1-10H;;;/q;;+2;2*-1. The Morgan fingerprint density at radius 3 is 1.04 bits per heavy atom. The minimum absolute atomic E-state index is 0. The van der Waals surface area contributed by atoms with E-state index in [1.54, 1.807) is 49.6 Å². The van der Waals surface area contributed by atoms with Crippen molar-refractivity contribution in [1.82, 2.24) is 39.9 Å². The Morgan fingerprint density at radius 1 is 0.418 bits per heavy atom. The van der Waals surface area contributed by atoms with Crippen LogP contribution in [0.5, 0.6) is 0 Å². The van der Waals surface area contributed by atoms with Crippen molar-refractivity contribution in [2.75, 3.05) is 0 Å². The predicted molar refractivity (Wildman–Crippen MR) is 196 cm³/mol. The largest absolute Gasteiger partial charge is 2.00 e. The summed E-state index contributed by atoms with van der Waals surface area (Å²) in [5, 5.41) is 33.2. The molecular weight excluding hydrogens is 764 g/mol. The van der Waals surface area contributed by atoms with Crippen molar-refractivity contribution in [1.29, 1.82) is 0 Å². The van der Waals surface area contributed by atoms with Gasteiger partial charge in [0.15, 0.2) is 11.2 Å². The fraction of sp³-hybridized carbons (Fsp3) is 0. The first-order chi connectivity index (χ1) is 26.3. The maximum Gasteiger partial charge on any atom is 2.00 e. The number of benzene rings is 2. The summed E-state index contributed by atoms with van der Waals surface area (Å²) in [4.78, 5) is 51.9. The summed E-state index contributed by atoms with van der Waals surface area (Å²) in [7, 11) is 0. The van der Waals surface area contributed by atoms with Crippen LogP contribution >= 0.6 is 0 Å². The smallest absolute Gasteiger partial charge is 0.435 e. The van der Waals surface area contributed by atoms with Crippen LogP contribution in [-0.2, 0) is 17.1 Å². The minimum Gasteiger partial charge on any atom is -0.435 e. The number of hydrogen-bond donors (Lipinski definition) is 0. The van der Waals surface area contributed by atoms with Gasteiger partial charge in [0.1, 0.15) is 22.1 Å². The third-order valence-corrected chi connectivity index (χ3v) is 7.79. The van der Waals surface area contributed by atoms with Crippen molar-refractivity contribution in [2.45, 2.75) is 0 Å². The van der Waals surface area contributed by atoms with Crippen LogP contribution in [0.2, 0.25) is 0 Å². The molecule has 0 unspecified atom stereocenters. The van der Waals surface area contributed by atoms with Crippen LogP contribution < -0.4 is 0 Å². The average molecular weight is 784 g/mol. The Bertz CT molecular complexity index is 2600. The van der Waals surface area contributed by atoms with Crippen LogP contribution in [0.4, 0.5) is 0 Å². The van der Waals surface area contributed by atoms with Crippen LogP contribution in [0.15, 0.2) is 131 Å². The van der Waals surface area contributed by atoms with Crippen molar-refractivity contribution in [3.05, 3.63) is 153 Å². The number of aromatic nitrogens is 8. The van der Waals surface area contributed by atoms with E-state index in [0.717, 1.165) is 76.9 Å². The fourth-order valence-corrected chi connectivity index (χ4v) is 5.73. The van der Waals surface area contributed by atoms with Gasteiger partial charge in [-0.25, -0.2) is 9.97 Å². The maximum atomic E-state index is 8.25. The molecule has 18 nitrogen and oxygen atoms in total. The molecule has 273 valence electrons. The first-order valence-corrected chi connectivity index (χ1v) is 15.6. The molecule has 0 spiro atoms. The molecule has 55 heavy (non-hydrogen) atoms. The molecule has 0 saturated carbocycles. The van der Waals surface area contributed by atoms with Crippen molar-refractivity contribution < 1.29 is 36.1 Å². The average Bonchev–Trinajstić information content (AvgIpc) is 3.86. The second-order valence-corrected chi connectivity index (χ2v) is 10.9. The van der Waals surface area contributed by atoms with Crippen LogP contribution in [0.3, 0.4) is 0 Å². The Balaban J connectivity index is 0.000000155. The van der Waals surface area contributed by atoms with E-state index in [0.29, 0.717) is 11.8 Å². The van der Waals surface area contributed by atoms with E-state index in [1.807, 2.05) is 72.8 Å². The molecule has 0 aliphatic carbocycles. The van der Waals surface area contributed by atoms with Gasteiger partial charge in [0.25, 0.3) is 0 Å². The first kappa shape index (κ1) is 37.0. The molecule has 19 heteroatoms. The summed E-state index contributed by atoms with van der Waals surface area (Å²) in [6.07, 6.45) is 14.0. The third-order valence-electron chi connectivity index (χ3n) is 7.79. The Morgan fingerprint density at radius 2 is 0.709 bits per heavy atom. The molecule has 0 bridgehead atoms. The second-order valence-electron chi connectivity index (χ2n) is 10.9. The zero-order chi connectivity index (χ0) is 37.6. The monoisotopic (exact) mass is 783 g/mol. The number of hydrogen-bond acceptors (Lipinski definition) is 16. The van der Waals surface area contributed by atoms with Crippen molar-refractivity contribution in [3.8, 4) is 22.9 Å². The SMILES string of the molecule is O=[N+]([O-])[O-].O=[N+]([O-])[O-].[Cu+2].c1cnc2c(c1)c1nc(-c3ccncc3)oc1c1cccnc12.c1cnc2c(c1)c1nc(-c3ccncc3)oc1c1cccnc12.